The van der Waals surface area contributed by atoms with Gasteiger partial charge < -0.3 is 10.1 Å². The normalized spacial score (nSPS) is 17.4. The minimum Gasteiger partial charge on any atom is -0.379 e. The van der Waals surface area contributed by atoms with E-state index in [-0.39, 0.29) is 23.5 Å². The van der Waals surface area contributed by atoms with Crippen molar-refractivity contribution in [3.05, 3.63) is 70.4 Å². The summed E-state index contributed by atoms with van der Waals surface area (Å²) in [7, 11) is 0. The van der Waals surface area contributed by atoms with Crippen molar-refractivity contribution >= 4 is 34.7 Å². The first-order valence-electron chi connectivity index (χ1n) is 10.3. The first kappa shape index (κ1) is 22.4. The average molecular weight is 462 g/mol. The van der Waals surface area contributed by atoms with Gasteiger partial charge in [0.25, 0.3) is 11.8 Å². The predicted molar refractivity (Wildman–Crippen MR) is 117 cm³/mol. The summed E-state index contributed by atoms with van der Waals surface area (Å²) in [6.45, 7) is 3.97. The monoisotopic (exact) mass is 461 g/mol. The molecular formula is C23H22ClF2N3O3. The van der Waals surface area contributed by atoms with Gasteiger partial charge in [0.05, 0.1) is 18.8 Å². The topological polar surface area (TPSA) is 61.9 Å². The number of benzene rings is 2. The number of morpholine rings is 1. The molecule has 2 aliphatic heterocycles. The van der Waals surface area contributed by atoms with Gasteiger partial charge in [0, 0.05) is 43.0 Å². The van der Waals surface area contributed by atoms with Crippen molar-refractivity contribution in [2.75, 3.05) is 44.7 Å². The van der Waals surface area contributed by atoms with E-state index in [0.29, 0.717) is 30.2 Å². The van der Waals surface area contributed by atoms with Crippen molar-refractivity contribution < 1.29 is 23.1 Å². The van der Waals surface area contributed by atoms with E-state index in [1.165, 1.54) is 11.0 Å². The number of anilines is 1. The molecule has 0 saturated carbocycles. The Kier molecular flexibility index (Phi) is 6.83. The number of nitrogens with one attached hydrogen (secondary N) is 1. The summed E-state index contributed by atoms with van der Waals surface area (Å²) in [6.07, 6.45) is 0.615. The number of halogens is 3. The summed E-state index contributed by atoms with van der Waals surface area (Å²) in [5.74, 6) is -3.00. The van der Waals surface area contributed by atoms with Gasteiger partial charge in [-0.25, -0.2) is 8.78 Å². The molecule has 0 radical (unpaired) electrons. The maximum absolute atomic E-state index is 13.7. The van der Waals surface area contributed by atoms with E-state index in [1.807, 2.05) is 0 Å². The highest BCUT2D eigenvalue weighted by molar-refractivity contribution is 6.36. The van der Waals surface area contributed by atoms with E-state index in [4.69, 9.17) is 16.3 Å². The lowest BCUT2D eigenvalue weighted by Gasteiger charge is -2.27. The van der Waals surface area contributed by atoms with Gasteiger partial charge in [-0.2, -0.15) is 0 Å². The Hall–Kier alpha value is -2.81. The Morgan fingerprint density at radius 2 is 1.66 bits per heavy atom. The molecule has 2 amide bonds. The molecule has 32 heavy (non-hydrogen) atoms. The molecule has 168 valence electrons. The first-order chi connectivity index (χ1) is 15.4. The molecule has 0 spiro atoms. The van der Waals surface area contributed by atoms with E-state index in [9.17, 15) is 18.4 Å². The van der Waals surface area contributed by atoms with Crippen LogP contribution in [-0.4, -0.2) is 61.0 Å². The van der Waals surface area contributed by atoms with Crippen LogP contribution in [0.2, 0.25) is 5.02 Å². The van der Waals surface area contributed by atoms with E-state index < -0.39 is 23.4 Å². The summed E-state index contributed by atoms with van der Waals surface area (Å²) < 4.78 is 32.3. The number of carbonyl (C=O) groups excluding carboxylic acids is 2. The molecule has 2 aromatic carbocycles. The highest BCUT2D eigenvalue weighted by Gasteiger charge is 2.39. The third-order valence-electron chi connectivity index (χ3n) is 5.45. The SMILES string of the molecule is O=C1C(Nc2ccc(F)c(F)c2)=C(c2ccc(Cl)cc2)C(=O)N1CCCN1CCOCC1. The van der Waals surface area contributed by atoms with Crippen LogP contribution in [0.1, 0.15) is 12.0 Å². The van der Waals surface area contributed by atoms with Crippen LogP contribution in [0.25, 0.3) is 5.57 Å². The van der Waals surface area contributed by atoms with Crippen LogP contribution in [0.15, 0.2) is 48.2 Å². The van der Waals surface area contributed by atoms with Crippen LogP contribution < -0.4 is 5.32 Å². The molecule has 6 nitrogen and oxygen atoms in total. The molecule has 2 aromatic rings. The Morgan fingerprint density at radius 1 is 0.938 bits per heavy atom. The second-order valence-corrected chi connectivity index (χ2v) is 8.02. The van der Waals surface area contributed by atoms with Crippen LogP contribution in [0.4, 0.5) is 14.5 Å². The lowest BCUT2D eigenvalue weighted by molar-refractivity contribution is -0.136. The predicted octanol–water partition coefficient (Wildman–Crippen LogP) is 3.53. The fourth-order valence-corrected chi connectivity index (χ4v) is 3.90. The Labute approximate surface area is 189 Å². The van der Waals surface area contributed by atoms with E-state index in [0.717, 1.165) is 31.8 Å². The van der Waals surface area contributed by atoms with Crippen molar-refractivity contribution in [1.29, 1.82) is 0 Å². The minimum absolute atomic E-state index is 0.0229. The van der Waals surface area contributed by atoms with Crippen LogP contribution in [0, 0.1) is 11.6 Å². The van der Waals surface area contributed by atoms with Gasteiger partial charge in [0.1, 0.15) is 5.70 Å². The van der Waals surface area contributed by atoms with Crippen LogP contribution in [0.5, 0.6) is 0 Å². The van der Waals surface area contributed by atoms with Crippen molar-refractivity contribution in [3.8, 4) is 0 Å². The quantitative estimate of drug-likeness (QED) is 0.639. The molecule has 0 unspecified atom stereocenters. The molecule has 2 aliphatic rings. The molecule has 1 saturated heterocycles. The minimum atomic E-state index is -1.05. The highest BCUT2D eigenvalue weighted by Crippen LogP contribution is 2.31. The summed E-state index contributed by atoms with van der Waals surface area (Å²) in [6, 6.07) is 9.75. The second-order valence-electron chi connectivity index (χ2n) is 7.58. The highest BCUT2D eigenvalue weighted by atomic mass is 35.5. The number of ether oxygens (including phenoxy) is 1. The molecule has 4 rings (SSSR count). The fraction of sp³-hybridized carbons (Fsp3) is 0.304. The zero-order valence-electron chi connectivity index (χ0n) is 17.2. The summed E-state index contributed by atoms with van der Waals surface area (Å²) >= 11 is 5.97. The zero-order valence-corrected chi connectivity index (χ0v) is 18.0. The number of carbonyl (C=O) groups is 2. The van der Waals surface area contributed by atoms with Crippen molar-refractivity contribution in [2.45, 2.75) is 6.42 Å². The number of hydrogen-bond donors (Lipinski definition) is 1. The molecule has 0 aromatic heterocycles. The number of rotatable bonds is 7. The zero-order chi connectivity index (χ0) is 22.7. The summed E-state index contributed by atoms with van der Waals surface area (Å²) in [4.78, 5) is 29.8. The maximum atomic E-state index is 13.7. The van der Waals surface area contributed by atoms with Crippen molar-refractivity contribution in [2.24, 2.45) is 0 Å². The summed E-state index contributed by atoms with van der Waals surface area (Å²) in [5, 5.41) is 3.31. The Morgan fingerprint density at radius 3 is 2.34 bits per heavy atom. The van der Waals surface area contributed by atoms with Gasteiger partial charge in [0.15, 0.2) is 11.6 Å². The second kappa shape index (κ2) is 9.77. The number of nitrogens with zero attached hydrogens (tertiary/aromatic N) is 2. The number of amides is 2. The van der Waals surface area contributed by atoms with Gasteiger partial charge in [0.2, 0.25) is 0 Å². The molecule has 2 heterocycles. The van der Waals surface area contributed by atoms with E-state index in [2.05, 4.69) is 10.2 Å². The van der Waals surface area contributed by atoms with Crippen LogP contribution in [-0.2, 0) is 14.3 Å². The molecule has 0 aliphatic carbocycles. The van der Waals surface area contributed by atoms with Gasteiger partial charge in [-0.05, 0) is 36.2 Å². The average Bonchev–Trinajstić information content (AvgIpc) is 3.02. The Balaban J connectivity index is 1.57. The largest absolute Gasteiger partial charge is 0.379 e. The van der Waals surface area contributed by atoms with Gasteiger partial charge in [-0.3, -0.25) is 19.4 Å². The molecular weight excluding hydrogens is 440 g/mol. The fourth-order valence-electron chi connectivity index (χ4n) is 3.77. The lowest BCUT2D eigenvalue weighted by Crippen LogP contribution is -2.39. The van der Waals surface area contributed by atoms with Crippen molar-refractivity contribution in [3.63, 3.8) is 0 Å². The smallest absolute Gasteiger partial charge is 0.278 e. The van der Waals surface area contributed by atoms with E-state index >= 15 is 0 Å². The van der Waals surface area contributed by atoms with Gasteiger partial charge in [-0.1, -0.05) is 23.7 Å². The molecule has 0 atom stereocenters. The van der Waals surface area contributed by atoms with Crippen LogP contribution >= 0.6 is 11.6 Å². The maximum Gasteiger partial charge on any atom is 0.278 e. The standard InChI is InChI=1S/C23H22ClF2N3O3/c24-16-4-2-15(3-5-16)20-21(27-17-6-7-18(25)19(26)14-17)23(31)29(22(20)30)9-1-8-28-10-12-32-13-11-28/h2-7,14,27H,1,8-13H2. The summed E-state index contributed by atoms with van der Waals surface area (Å²) in [5.41, 5.74) is 0.868. The van der Waals surface area contributed by atoms with Gasteiger partial charge >= 0.3 is 0 Å². The Bertz CT molecular complexity index is 1050. The lowest BCUT2D eigenvalue weighted by atomic mass is 10.0. The molecule has 1 N–H and O–H groups in total. The molecule has 9 heteroatoms. The first-order valence-corrected chi connectivity index (χ1v) is 10.7. The van der Waals surface area contributed by atoms with Crippen LogP contribution in [0.3, 0.4) is 0 Å². The number of imide groups is 1. The third-order valence-corrected chi connectivity index (χ3v) is 5.70. The number of hydrogen-bond acceptors (Lipinski definition) is 5. The molecule has 1 fully saturated rings. The molecule has 0 bridgehead atoms. The van der Waals surface area contributed by atoms with Gasteiger partial charge in [-0.15, -0.1) is 0 Å². The van der Waals surface area contributed by atoms with Crippen molar-refractivity contribution in [1.82, 2.24) is 9.80 Å². The third kappa shape index (κ3) is 4.82. The van der Waals surface area contributed by atoms with E-state index in [1.54, 1.807) is 24.3 Å².